The van der Waals surface area contributed by atoms with Gasteiger partial charge in [0.2, 0.25) is 0 Å². The van der Waals surface area contributed by atoms with E-state index in [0.29, 0.717) is 37.4 Å². The minimum Gasteiger partial charge on any atom is -0.504 e. The van der Waals surface area contributed by atoms with E-state index < -0.39 is 45.6 Å². The van der Waals surface area contributed by atoms with E-state index in [-0.39, 0.29) is 22.9 Å². The molecule has 8 rings (SSSR count). The number of ether oxygens (including phenoxy) is 1. The van der Waals surface area contributed by atoms with E-state index in [4.69, 9.17) is 4.74 Å². The van der Waals surface area contributed by atoms with Gasteiger partial charge in [0.05, 0.1) is 27.5 Å². The number of phenolic OH excluding ortho intramolecular Hbond substituents is 1. The minimum atomic E-state index is -1.15. The number of fused-ring (bicyclic) bond motifs is 1. The Bertz CT molecular complexity index is 1470. The molecule has 196 valence electrons. The molecule has 2 saturated carbocycles. The lowest BCUT2D eigenvalue weighted by Crippen LogP contribution is -2.78. The van der Waals surface area contributed by atoms with E-state index in [1.165, 1.54) is 31.0 Å². The first kappa shape index (κ1) is 22.5. The fourth-order valence-electron chi connectivity index (χ4n) is 8.46. The number of carbonyl (C=O) groups is 2. The molecule has 6 aliphatic rings. The van der Waals surface area contributed by atoms with E-state index in [2.05, 4.69) is 4.90 Å². The normalized spacial score (nSPS) is 34.7. The molecule has 2 aromatic carbocycles. The summed E-state index contributed by atoms with van der Waals surface area (Å²) in [6, 6.07) is 6.75. The topological polar surface area (TPSA) is 133 Å². The van der Waals surface area contributed by atoms with Gasteiger partial charge in [-0.05, 0) is 68.7 Å². The van der Waals surface area contributed by atoms with Gasteiger partial charge in [-0.25, -0.2) is 0 Å². The van der Waals surface area contributed by atoms with Crippen LogP contribution in [0.2, 0.25) is 0 Å². The van der Waals surface area contributed by atoms with Crippen LogP contribution in [0.5, 0.6) is 11.5 Å². The molecule has 0 radical (unpaired) electrons. The van der Waals surface area contributed by atoms with Gasteiger partial charge >= 0.3 is 0 Å². The fraction of sp³-hybridized carbons (Fsp3) is 0.500. The van der Waals surface area contributed by atoms with Crippen molar-refractivity contribution in [3.05, 3.63) is 62.7 Å². The predicted molar refractivity (Wildman–Crippen MR) is 132 cm³/mol. The van der Waals surface area contributed by atoms with Crippen molar-refractivity contribution in [2.45, 2.75) is 67.7 Å². The second-order valence-corrected chi connectivity index (χ2v) is 11.8. The molecule has 2 N–H and O–H groups in total. The second-order valence-electron chi connectivity index (χ2n) is 11.8. The number of nitro benzene ring substituents is 1. The number of rotatable bonds is 4. The molecule has 2 bridgehead atoms. The molecule has 10 nitrogen and oxygen atoms in total. The fourth-order valence-corrected chi connectivity index (χ4v) is 8.46. The van der Waals surface area contributed by atoms with Crippen molar-refractivity contribution in [3.63, 3.8) is 0 Å². The van der Waals surface area contributed by atoms with Crippen LogP contribution in [0.1, 0.15) is 63.9 Å². The zero-order valence-corrected chi connectivity index (χ0v) is 20.6. The van der Waals surface area contributed by atoms with Gasteiger partial charge in [0, 0.05) is 24.2 Å². The number of hydrogen-bond acceptors (Lipinski definition) is 8. The van der Waals surface area contributed by atoms with Gasteiger partial charge in [0.15, 0.2) is 11.5 Å². The predicted octanol–water partition coefficient (Wildman–Crippen LogP) is 2.53. The average Bonchev–Trinajstić information content (AvgIpc) is 3.58. The number of hydrogen-bond donors (Lipinski definition) is 2. The zero-order valence-electron chi connectivity index (χ0n) is 20.6. The Morgan fingerprint density at radius 2 is 1.92 bits per heavy atom. The lowest BCUT2D eigenvalue weighted by Gasteiger charge is -2.64. The molecule has 3 heterocycles. The number of aromatic hydroxyl groups is 1. The summed E-state index contributed by atoms with van der Waals surface area (Å²) in [5, 5.41) is 35.1. The molecule has 0 aromatic heterocycles. The number of likely N-dealkylation sites (tertiary alicyclic amines) is 1. The van der Waals surface area contributed by atoms with Crippen molar-refractivity contribution >= 4 is 17.5 Å². The highest BCUT2D eigenvalue weighted by molar-refractivity contribution is 6.23. The average molecular weight is 518 g/mol. The third-order valence-corrected chi connectivity index (χ3v) is 10.2. The number of piperidine rings is 1. The first-order valence-electron chi connectivity index (χ1n) is 13.4. The van der Waals surface area contributed by atoms with Crippen molar-refractivity contribution < 1.29 is 29.5 Å². The highest BCUT2D eigenvalue weighted by atomic mass is 16.6. The van der Waals surface area contributed by atoms with Crippen LogP contribution in [-0.2, 0) is 11.8 Å². The molecule has 2 amide bonds. The number of imide groups is 1. The summed E-state index contributed by atoms with van der Waals surface area (Å²) < 4.78 is 6.49. The smallest absolute Gasteiger partial charge is 0.282 e. The highest BCUT2D eigenvalue weighted by Gasteiger charge is 2.74. The quantitative estimate of drug-likeness (QED) is 0.359. The molecule has 3 fully saturated rings. The first-order valence-corrected chi connectivity index (χ1v) is 13.4. The van der Waals surface area contributed by atoms with Crippen molar-refractivity contribution in [2.75, 3.05) is 13.1 Å². The second kappa shape index (κ2) is 7.12. The van der Waals surface area contributed by atoms with Gasteiger partial charge in [-0.3, -0.25) is 29.5 Å². The van der Waals surface area contributed by atoms with Gasteiger partial charge in [0.1, 0.15) is 11.7 Å². The van der Waals surface area contributed by atoms with Crippen molar-refractivity contribution in [1.29, 1.82) is 0 Å². The molecule has 1 saturated heterocycles. The van der Waals surface area contributed by atoms with Crippen LogP contribution < -0.4 is 4.74 Å². The Kier molecular flexibility index (Phi) is 4.21. The largest absolute Gasteiger partial charge is 0.504 e. The van der Waals surface area contributed by atoms with Crippen LogP contribution in [0, 0.1) is 16.0 Å². The van der Waals surface area contributed by atoms with Gasteiger partial charge in [-0.1, -0.05) is 12.1 Å². The Morgan fingerprint density at radius 3 is 2.68 bits per heavy atom. The van der Waals surface area contributed by atoms with Crippen molar-refractivity contribution in [2.24, 2.45) is 5.92 Å². The van der Waals surface area contributed by atoms with E-state index in [9.17, 15) is 29.9 Å². The Hall–Kier alpha value is -3.50. The summed E-state index contributed by atoms with van der Waals surface area (Å²) >= 11 is 0. The summed E-state index contributed by atoms with van der Waals surface area (Å²) in [6.45, 7) is 1.69. The maximum Gasteiger partial charge on any atom is 0.282 e. The Labute approximate surface area is 217 Å². The number of benzene rings is 2. The minimum absolute atomic E-state index is 0.0161. The van der Waals surface area contributed by atoms with Crippen LogP contribution in [-0.4, -0.2) is 73.6 Å². The van der Waals surface area contributed by atoms with Crippen LogP contribution in [0.25, 0.3) is 0 Å². The summed E-state index contributed by atoms with van der Waals surface area (Å²) in [7, 11) is 0. The van der Waals surface area contributed by atoms with Crippen molar-refractivity contribution in [3.8, 4) is 11.5 Å². The molecule has 1 spiro atoms. The maximum absolute atomic E-state index is 13.7. The van der Waals surface area contributed by atoms with Gasteiger partial charge in [-0.2, -0.15) is 0 Å². The zero-order chi connectivity index (χ0) is 26.1. The Balaban J connectivity index is 1.26. The highest BCUT2D eigenvalue weighted by Crippen LogP contribution is 2.66. The van der Waals surface area contributed by atoms with E-state index >= 15 is 0 Å². The number of nitrogens with zero attached hydrogens (tertiary/aromatic N) is 3. The molecular weight excluding hydrogens is 490 g/mol. The third kappa shape index (κ3) is 2.50. The molecular formula is C28H27N3O7. The van der Waals surface area contributed by atoms with E-state index in [0.717, 1.165) is 29.1 Å². The molecule has 0 unspecified atom stereocenters. The Morgan fingerprint density at radius 1 is 1.11 bits per heavy atom. The molecule has 10 heteroatoms. The van der Waals surface area contributed by atoms with Crippen molar-refractivity contribution in [1.82, 2.24) is 9.80 Å². The SMILES string of the molecule is O=C1c2cccc([N+](=O)[O-])c2C(=O)N1[C@@H]1CC[C@@]2(O)[C@H]3Cc4ccc(O)c5c4[C@@]2(CCN3CC2CC2)[C@H]1O5. The lowest BCUT2D eigenvalue weighted by molar-refractivity contribution is -0.385. The standard InChI is InChI=1S/C28H27N3O7/c32-19-7-6-15-12-20-28(35)9-8-18(30-25(33)16-2-1-3-17(31(36)37)21(16)26(30)34)24-27(28,22(15)23(19)38-24)10-11-29(20)13-14-4-5-14/h1-3,6-7,14,18,20,24,32,35H,4-5,8-13H2/t18-,20-,24+,27+,28-/m1/s1. The molecule has 2 aromatic rings. The van der Waals surface area contributed by atoms with Crippen LogP contribution >= 0.6 is 0 Å². The van der Waals surface area contributed by atoms with Crippen LogP contribution in [0.4, 0.5) is 5.69 Å². The van der Waals surface area contributed by atoms with Gasteiger partial charge < -0.3 is 14.9 Å². The van der Waals surface area contributed by atoms with Gasteiger partial charge in [0.25, 0.3) is 17.5 Å². The molecule has 3 aliphatic heterocycles. The number of carbonyl (C=O) groups excluding carboxylic acids is 2. The summed E-state index contributed by atoms with van der Waals surface area (Å²) in [5.74, 6) is -0.319. The number of aliphatic hydroxyl groups is 1. The van der Waals surface area contributed by atoms with Crippen LogP contribution in [0.3, 0.4) is 0 Å². The number of phenols is 1. The maximum atomic E-state index is 13.7. The first-order chi connectivity index (χ1) is 18.3. The molecule has 3 aliphatic carbocycles. The number of nitro groups is 1. The summed E-state index contributed by atoms with van der Waals surface area (Å²) in [5.41, 5.74) is -0.797. The number of amides is 2. The molecule has 38 heavy (non-hydrogen) atoms. The monoisotopic (exact) mass is 517 g/mol. The van der Waals surface area contributed by atoms with E-state index in [1.54, 1.807) is 6.07 Å². The van der Waals surface area contributed by atoms with Crippen LogP contribution in [0.15, 0.2) is 30.3 Å². The summed E-state index contributed by atoms with van der Waals surface area (Å²) in [6.07, 6.45) is 3.53. The van der Waals surface area contributed by atoms with E-state index in [1.807, 2.05) is 6.07 Å². The van der Waals surface area contributed by atoms with Gasteiger partial charge in [-0.15, -0.1) is 0 Å². The lowest BCUT2D eigenvalue weighted by atomic mass is 9.48. The summed E-state index contributed by atoms with van der Waals surface area (Å²) in [4.78, 5) is 41.9. The third-order valence-electron chi connectivity index (χ3n) is 10.2. The molecule has 5 atom stereocenters.